The van der Waals surface area contributed by atoms with Gasteiger partial charge in [-0.05, 0) is 67.3 Å². The van der Waals surface area contributed by atoms with Crippen molar-refractivity contribution in [3.63, 3.8) is 0 Å². The van der Waals surface area contributed by atoms with Crippen molar-refractivity contribution in [1.82, 2.24) is 15.1 Å². The van der Waals surface area contributed by atoms with Crippen LogP contribution in [-0.2, 0) is 21.3 Å². The van der Waals surface area contributed by atoms with Crippen LogP contribution >= 0.6 is 12.4 Å². The van der Waals surface area contributed by atoms with Gasteiger partial charge < -0.3 is 25.0 Å². The maximum atomic E-state index is 14.7. The summed E-state index contributed by atoms with van der Waals surface area (Å²) >= 11 is 0. The summed E-state index contributed by atoms with van der Waals surface area (Å²) in [4.78, 5) is 29.9. The SMILES string of the molecule is CCCCN(C(=O)Nc1cc(C(=O)NCCOC)c(F)cc1F)C1CCN(Cc2ccc(Oc3ccc(NS(C)(=O)=O)cc3)cc2)CC1.Cl. The van der Waals surface area contributed by atoms with Crippen LogP contribution in [0.3, 0.4) is 0 Å². The average molecular weight is 724 g/mol. The van der Waals surface area contributed by atoms with Gasteiger partial charge in [-0.2, -0.15) is 0 Å². The Morgan fingerprint density at radius 3 is 2.20 bits per heavy atom. The first-order chi connectivity index (χ1) is 23.0. The Bertz CT molecular complexity index is 1640. The summed E-state index contributed by atoms with van der Waals surface area (Å²) in [6.45, 7) is 5.12. The summed E-state index contributed by atoms with van der Waals surface area (Å²) < 4.78 is 65.1. The minimum atomic E-state index is -3.35. The van der Waals surface area contributed by atoms with E-state index in [2.05, 4.69) is 20.3 Å². The zero-order valence-electron chi connectivity index (χ0n) is 27.8. The molecule has 4 rings (SSSR count). The lowest BCUT2D eigenvalue weighted by Gasteiger charge is -2.38. The highest BCUT2D eigenvalue weighted by atomic mass is 35.5. The molecular formula is C34H44ClF2N5O6S. The van der Waals surface area contributed by atoms with Crippen molar-refractivity contribution in [3.05, 3.63) is 83.4 Å². The molecule has 11 nitrogen and oxygen atoms in total. The topological polar surface area (TPSA) is 129 Å². The fraction of sp³-hybridized carbons (Fsp3) is 0.412. The minimum absolute atomic E-state index is 0. The lowest BCUT2D eigenvalue weighted by molar-refractivity contribution is 0.0933. The van der Waals surface area contributed by atoms with Crippen LogP contribution in [0.2, 0.25) is 0 Å². The quantitative estimate of drug-likeness (QED) is 0.159. The zero-order valence-corrected chi connectivity index (χ0v) is 29.5. The molecule has 3 aromatic rings. The molecule has 0 atom stereocenters. The first-order valence-corrected chi connectivity index (χ1v) is 17.8. The Labute approximate surface area is 292 Å². The molecule has 1 fully saturated rings. The van der Waals surface area contributed by atoms with Gasteiger partial charge in [0.15, 0.2) is 0 Å². The van der Waals surface area contributed by atoms with Crippen molar-refractivity contribution in [2.24, 2.45) is 0 Å². The van der Waals surface area contributed by atoms with E-state index in [-0.39, 0.29) is 42.9 Å². The first kappa shape index (κ1) is 39.5. The van der Waals surface area contributed by atoms with Gasteiger partial charge >= 0.3 is 6.03 Å². The fourth-order valence-electron chi connectivity index (χ4n) is 5.40. The number of piperidine rings is 1. The predicted octanol–water partition coefficient (Wildman–Crippen LogP) is 6.23. The number of anilines is 2. The molecule has 0 spiro atoms. The van der Waals surface area contributed by atoms with Gasteiger partial charge in [0.25, 0.3) is 5.91 Å². The van der Waals surface area contributed by atoms with Crippen LogP contribution in [0.25, 0.3) is 0 Å². The number of amides is 3. The van der Waals surface area contributed by atoms with E-state index in [1.165, 1.54) is 7.11 Å². The standard InChI is InChI=1S/C34H43F2N5O6S.ClH/c1-4-5-17-41(34(43)38-32-21-29(30(35)22-31(32)36)33(42)37-16-20-46-2)26-14-18-40(19-15-26)23-24-6-10-27(11-7-24)47-28-12-8-25(9-13-28)39-48(3,44)45;/h6-13,21-22,26,39H,4-5,14-20,23H2,1-3H3,(H,37,42)(H,38,43);1H. The van der Waals surface area contributed by atoms with Crippen molar-refractivity contribution in [2.75, 3.05) is 56.2 Å². The number of hydrogen-bond acceptors (Lipinski definition) is 7. The van der Waals surface area contributed by atoms with Crippen LogP contribution in [0.4, 0.5) is 25.0 Å². The summed E-state index contributed by atoms with van der Waals surface area (Å²) in [5, 5.41) is 5.09. The number of hydrogen-bond donors (Lipinski definition) is 3. The number of benzene rings is 3. The Morgan fingerprint density at radius 2 is 1.61 bits per heavy atom. The molecule has 0 aromatic heterocycles. The molecular weight excluding hydrogens is 680 g/mol. The Kier molecular flexibility index (Phi) is 15.1. The number of halogens is 3. The van der Waals surface area contributed by atoms with E-state index in [4.69, 9.17) is 9.47 Å². The molecule has 3 amide bonds. The van der Waals surface area contributed by atoms with Crippen LogP contribution in [0.1, 0.15) is 48.5 Å². The molecule has 1 heterocycles. The predicted molar refractivity (Wildman–Crippen MR) is 188 cm³/mol. The number of likely N-dealkylation sites (tertiary alicyclic amines) is 1. The van der Waals surface area contributed by atoms with Gasteiger partial charge in [0.2, 0.25) is 10.0 Å². The molecule has 1 aliphatic rings. The highest BCUT2D eigenvalue weighted by Gasteiger charge is 2.29. The number of carbonyl (C=O) groups is 2. The molecule has 3 aromatic carbocycles. The lowest BCUT2D eigenvalue weighted by atomic mass is 10.0. The van der Waals surface area contributed by atoms with E-state index in [0.29, 0.717) is 29.8 Å². The van der Waals surface area contributed by atoms with Crippen molar-refractivity contribution in [3.8, 4) is 11.5 Å². The number of nitrogens with zero attached hydrogens (tertiary/aromatic N) is 2. The van der Waals surface area contributed by atoms with Gasteiger partial charge in [-0.3, -0.25) is 14.4 Å². The third-order valence-electron chi connectivity index (χ3n) is 7.87. The van der Waals surface area contributed by atoms with Crippen molar-refractivity contribution >= 4 is 45.7 Å². The van der Waals surface area contributed by atoms with Gasteiger partial charge in [-0.25, -0.2) is 22.0 Å². The van der Waals surface area contributed by atoms with Crippen LogP contribution in [-0.4, -0.2) is 82.3 Å². The third-order valence-corrected chi connectivity index (χ3v) is 8.48. The zero-order chi connectivity index (χ0) is 34.7. The van der Waals surface area contributed by atoms with Gasteiger partial charge in [-0.15, -0.1) is 12.4 Å². The largest absolute Gasteiger partial charge is 0.457 e. The highest BCUT2D eigenvalue weighted by molar-refractivity contribution is 7.92. The Morgan fingerprint density at radius 1 is 0.980 bits per heavy atom. The molecule has 3 N–H and O–H groups in total. The number of methoxy groups -OCH3 is 1. The molecule has 0 aliphatic carbocycles. The molecule has 15 heteroatoms. The maximum absolute atomic E-state index is 14.7. The van der Waals surface area contributed by atoms with E-state index in [0.717, 1.165) is 63.2 Å². The smallest absolute Gasteiger partial charge is 0.322 e. The third kappa shape index (κ3) is 12.1. The first-order valence-electron chi connectivity index (χ1n) is 15.9. The summed E-state index contributed by atoms with van der Waals surface area (Å²) in [7, 11) is -1.89. The second-order valence-corrected chi connectivity index (χ2v) is 13.4. The van der Waals surface area contributed by atoms with Crippen LogP contribution in [0.5, 0.6) is 11.5 Å². The molecule has 0 radical (unpaired) electrons. The highest BCUT2D eigenvalue weighted by Crippen LogP contribution is 2.26. The molecule has 0 saturated carbocycles. The van der Waals surface area contributed by atoms with Crippen LogP contribution in [0.15, 0.2) is 60.7 Å². The molecule has 1 saturated heterocycles. The number of unbranched alkanes of at least 4 members (excludes halogenated alkanes) is 1. The second-order valence-electron chi connectivity index (χ2n) is 11.7. The van der Waals surface area contributed by atoms with Gasteiger partial charge in [0.1, 0.15) is 23.1 Å². The molecule has 268 valence electrons. The number of ether oxygens (including phenoxy) is 2. The molecule has 1 aliphatic heterocycles. The molecule has 49 heavy (non-hydrogen) atoms. The monoisotopic (exact) mass is 723 g/mol. The van der Waals surface area contributed by atoms with E-state index in [1.54, 1.807) is 29.2 Å². The Hall–Kier alpha value is -3.98. The van der Waals surface area contributed by atoms with Gasteiger partial charge in [-0.1, -0.05) is 25.5 Å². The number of nitrogens with one attached hydrogen (secondary N) is 3. The normalized spacial score (nSPS) is 13.7. The number of carbonyl (C=O) groups excluding carboxylic acids is 2. The van der Waals surface area contributed by atoms with Crippen molar-refractivity contribution in [1.29, 1.82) is 0 Å². The summed E-state index contributed by atoms with van der Waals surface area (Å²) in [6.07, 6.45) is 4.17. The van der Waals surface area contributed by atoms with Crippen molar-refractivity contribution in [2.45, 2.75) is 45.2 Å². The number of rotatable bonds is 15. The number of urea groups is 1. The number of sulfonamides is 1. The minimum Gasteiger partial charge on any atom is -0.457 e. The van der Waals surface area contributed by atoms with Crippen LogP contribution < -0.4 is 20.1 Å². The summed E-state index contributed by atoms with van der Waals surface area (Å²) in [5.74, 6) is -1.49. The maximum Gasteiger partial charge on any atom is 0.322 e. The summed E-state index contributed by atoms with van der Waals surface area (Å²) in [5.41, 5.74) is 0.927. The molecule has 0 unspecified atom stereocenters. The van der Waals surface area contributed by atoms with E-state index in [1.807, 2.05) is 31.2 Å². The van der Waals surface area contributed by atoms with Gasteiger partial charge in [0.05, 0.1) is 24.1 Å². The Balaban J connectivity index is 0.00000650. The summed E-state index contributed by atoms with van der Waals surface area (Å²) in [6, 6.07) is 15.4. The average Bonchev–Trinajstić information content (AvgIpc) is 3.04. The van der Waals surface area contributed by atoms with Gasteiger partial charge in [0, 0.05) is 57.6 Å². The van der Waals surface area contributed by atoms with E-state index in [9.17, 15) is 26.8 Å². The second kappa shape index (κ2) is 18.7. The van der Waals surface area contributed by atoms with E-state index >= 15 is 0 Å². The van der Waals surface area contributed by atoms with Crippen LogP contribution in [0, 0.1) is 11.6 Å². The van der Waals surface area contributed by atoms with Crippen molar-refractivity contribution < 1.29 is 36.3 Å². The van der Waals surface area contributed by atoms with E-state index < -0.39 is 33.6 Å². The molecule has 0 bridgehead atoms. The fourth-order valence-corrected chi connectivity index (χ4v) is 5.96. The lowest BCUT2D eigenvalue weighted by Crippen LogP contribution is -2.49.